The van der Waals surface area contributed by atoms with Crippen LogP contribution >= 0.6 is 0 Å². The summed E-state index contributed by atoms with van der Waals surface area (Å²) in [4.78, 5) is 17.2. The summed E-state index contributed by atoms with van der Waals surface area (Å²) in [6.07, 6.45) is 7.90. The molecule has 0 bridgehead atoms. The largest absolute Gasteiger partial charge is 0.354 e. The molecule has 0 radical (unpaired) electrons. The molecule has 1 aliphatic heterocycles. The van der Waals surface area contributed by atoms with Crippen molar-refractivity contribution in [2.75, 3.05) is 54.0 Å². The number of allylic oxidation sites excluding steroid dienone is 2. The molecule has 1 heterocycles. The molecular formula is C22H32N4O3. The fraction of sp³-hybridized carbons (Fsp3) is 0.500. The molecule has 1 aromatic carbocycles. The number of rotatable bonds is 7. The topological polar surface area (TPSA) is 66.1 Å². The number of likely N-dealkylation sites (N-methyl/N-ethyl adjacent to an activating group) is 1. The second kappa shape index (κ2) is 10.0. The Morgan fingerprint density at radius 2 is 1.93 bits per heavy atom. The lowest BCUT2D eigenvalue weighted by molar-refractivity contribution is -0.109. The van der Waals surface area contributed by atoms with E-state index < -0.39 is 12.0 Å². The van der Waals surface area contributed by atoms with E-state index in [1.165, 1.54) is 5.56 Å². The van der Waals surface area contributed by atoms with Gasteiger partial charge in [-0.25, -0.2) is 4.79 Å². The average Bonchev–Trinajstić information content (AvgIpc) is 2.78. The van der Waals surface area contributed by atoms with Gasteiger partial charge >= 0.3 is 6.03 Å². The molecule has 0 aromatic heterocycles. The summed E-state index contributed by atoms with van der Waals surface area (Å²) in [7, 11) is 4.90. The summed E-state index contributed by atoms with van der Waals surface area (Å²) in [5, 5.41) is 6.74. The van der Waals surface area contributed by atoms with Crippen LogP contribution in [-0.2, 0) is 9.47 Å². The molecule has 0 spiro atoms. The van der Waals surface area contributed by atoms with Crippen LogP contribution in [0.25, 0.3) is 0 Å². The monoisotopic (exact) mass is 400 g/mol. The minimum absolute atomic E-state index is 0.00444. The Morgan fingerprint density at radius 3 is 2.59 bits per heavy atom. The number of carbonyl (C=O) groups is 1. The van der Waals surface area contributed by atoms with Gasteiger partial charge in [0.2, 0.25) is 0 Å². The number of nitrogens with zero attached hydrogens (tertiary/aromatic N) is 2. The molecular weight excluding hydrogens is 368 g/mol. The molecule has 1 aromatic rings. The van der Waals surface area contributed by atoms with Gasteiger partial charge in [-0.1, -0.05) is 48.6 Å². The highest BCUT2D eigenvalue weighted by Gasteiger charge is 2.44. The van der Waals surface area contributed by atoms with Gasteiger partial charge in [0.05, 0.1) is 6.54 Å². The molecule has 29 heavy (non-hydrogen) atoms. The van der Waals surface area contributed by atoms with Crippen molar-refractivity contribution in [2.45, 2.75) is 17.9 Å². The molecule has 2 N–H and O–H groups in total. The minimum Gasteiger partial charge on any atom is -0.354 e. The molecule has 0 saturated carbocycles. The summed E-state index contributed by atoms with van der Waals surface area (Å²) < 4.78 is 10.5. The molecule has 158 valence electrons. The second-order valence-corrected chi connectivity index (χ2v) is 7.41. The van der Waals surface area contributed by atoms with E-state index in [-0.39, 0.29) is 11.9 Å². The average molecular weight is 401 g/mol. The Balaban J connectivity index is 1.90. The summed E-state index contributed by atoms with van der Waals surface area (Å²) in [5.74, 6) is 0.00444. The zero-order valence-electron chi connectivity index (χ0n) is 17.5. The van der Waals surface area contributed by atoms with Gasteiger partial charge < -0.3 is 25.0 Å². The van der Waals surface area contributed by atoms with Crippen LogP contribution in [0.2, 0.25) is 0 Å². The van der Waals surface area contributed by atoms with E-state index >= 15 is 0 Å². The van der Waals surface area contributed by atoms with Crippen LogP contribution in [0.5, 0.6) is 0 Å². The summed E-state index contributed by atoms with van der Waals surface area (Å²) >= 11 is 0. The third kappa shape index (κ3) is 4.87. The van der Waals surface area contributed by atoms with Crippen LogP contribution in [-0.4, -0.2) is 81.8 Å². The van der Waals surface area contributed by atoms with Gasteiger partial charge in [-0.15, -0.1) is 0 Å². The van der Waals surface area contributed by atoms with Crippen molar-refractivity contribution in [3.05, 3.63) is 60.2 Å². The van der Waals surface area contributed by atoms with E-state index in [0.29, 0.717) is 6.54 Å². The zero-order chi connectivity index (χ0) is 20.7. The van der Waals surface area contributed by atoms with E-state index in [0.717, 1.165) is 26.2 Å². The maximum atomic E-state index is 13.2. The molecule has 2 atom stereocenters. The standard InChI is InChI=1S/C22H32N4O3/c1-25(17-20(28-2)29-3)21(27)24-22(26-15-13-23-14-16-26)12-8-7-11-19(22)18-9-5-4-6-10-18/h4-12,19-20,23H,13-17H2,1-3H3,(H,24,27). The Labute approximate surface area is 173 Å². The van der Waals surface area contributed by atoms with Crippen LogP contribution in [0.1, 0.15) is 11.5 Å². The van der Waals surface area contributed by atoms with E-state index in [1.807, 2.05) is 24.3 Å². The Kier molecular flexibility index (Phi) is 7.44. The summed E-state index contributed by atoms with van der Waals surface area (Å²) in [6.45, 7) is 3.82. The molecule has 7 nitrogen and oxygen atoms in total. The first-order valence-corrected chi connectivity index (χ1v) is 10.1. The Bertz CT molecular complexity index is 714. The second-order valence-electron chi connectivity index (χ2n) is 7.41. The minimum atomic E-state index is -0.640. The molecule has 7 heteroatoms. The number of methoxy groups -OCH3 is 2. The van der Waals surface area contributed by atoms with Gasteiger partial charge in [-0.3, -0.25) is 4.90 Å². The van der Waals surface area contributed by atoms with Gasteiger partial charge in [0, 0.05) is 53.4 Å². The smallest absolute Gasteiger partial charge is 0.319 e. The van der Waals surface area contributed by atoms with E-state index in [2.05, 4.69) is 45.9 Å². The van der Waals surface area contributed by atoms with Gasteiger partial charge in [-0.05, 0) is 11.6 Å². The number of hydrogen-bond acceptors (Lipinski definition) is 5. The van der Waals surface area contributed by atoms with Crippen molar-refractivity contribution >= 4 is 6.03 Å². The number of nitrogens with one attached hydrogen (secondary N) is 2. The molecule has 1 aliphatic carbocycles. The number of benzene rings is 1. The van der Waals surface area contributed by atoms with Gasteiger partial charge in [0.1, 0.15) is 5.66 Å². The van der Waals surface area contributed by atoms with Gasteiger partial charge in [-0.2, -0.15) is 0 Å². The maximum absolute atomic E-state index is 13.2. The van der Waals surface area contributed by atoms with Crippen LogP contribution < -0.4 is 10.6 Å². The lowest BCUT2D eigenvalue weighted by Gasteiger charge is -2.49. The van der Waals surface area contributed by atoms with Crippen LogP contribution in [0.3, 0.4) is 0 Å². The van der Waals surface area contributed by atoms with Crippen molar-refractivity contribution < 1.29 is 14.3 Å². The first kappa shape index (κ1) is 21.5. The molecule has 2 unspecified atom stereocenters. The van der Waals surface area contributed by atoms with E-state index in [1.54, 1.807) is 26.2 Å². The molecule has 1 fully saturated rings. The zero-order valence-corrected chi connectivity index (χ0v) is 17.5. The van der Waals surface area contributed by atoms with Gasteiger partial charge in [0.25, 0.3) is 0 Å². The predicted molar refractivity (Wildman–Crippen MR) is 114 cm³/mol. The Hall–Kier alpha value is -2.19. The number of hydrogen-bond donors (Lipinski definition) is 2. The van der Waals surface area contributed by atoms with Crippen molar-refractivity contribution in [2.24, 2.45) is 0 Å². The predicted octanol–water partition coefficient (Wildman–Crippen LogP) is 1.76. The fourth-order valence-electron chi connectivity index (χ4n) is 4.01. The van der Waals surface area contributed by atoms with E-state index in [9.17, 15) is 4.79 Å². The van der Waals surface area contributed by atoms with Crippen LogP contribution in [0.4, 0.5) is 4.79 Å². The quantitative estimate of drug-likeness (QED) is 0.683. The number of carbonyl (C=O) groups excluding carboxylic acids is 1. The van der Waals surface area contributed by atoms with Crippen molar-refractivity contribution in [1.29, 1.82) is 0 Å². The number of piperazine rings is 1. The fourth-order valence-corrected chi connectivity index (χ4v) is 4.01. The summed E-state index contributed by atoms with van der Waals surface area (Å²) in [6, 6.07) is 10.2. The number of urea groups is 1. The number of amides is 2. The lowest BCUT2D eigenvalue weighted by Crippen LogP contribution is -2.67. The highest BCUT2D eigenvalue weighted by Crippen LogP contribution is 2.37. The highest BCUT2D eigenvalue weighted by molar-refractivity contribution is 5.75. The first-order valence-electron chi connectivity index (χ1n) is 10.1. The van der Waals surface area contributed by atoms with Crippen molar-refractivity contribution in [3.8, 4) is 0 Å². The van der Waals surface area contributed by atoms with Crippen molar-refractivity contribution in [3.63, 3.8) is 0 Å². The summed E-state index contributed by atoms with van der Waals surface area (Å²) in [5.41, 5.74) is 0.528. The lowest BCUT2D eigenvalue weighted by atomic mass is 9.81. The number of ether oxygens (including phenoxy) is 2. The third-order valence-electron chi connectivity index (χ3n) is 5.64. The van der Waals surface area contributed by atoms with E-state index in [4.69, 9.17) is 9.47 Å². The Morgan fingerprint density at radius 1 is 1.24 bits per heavy atom. The third-order valence-corrected chi connectivity index (χ3v) is 5.64. The van der Waals surface area contributed by atoms with Crippen LogP contribution in [0.15, 0.2) is 54.6 Å². The normalized spacial score (nSPS) is 24.6. The highest BCUT2D eigenvalue weighted by atomic mass is 16.7. The van der Waals surface area contributed by atoms with Gasteiger partial charge in [0.15, 0.2) is 6.29 Å². The molecule has 2 amide bonds. The maximum Gasteiger partial charge on any atom is 0.319 e. The molecule has 2 aliphatic rings. The molecule has 1 saturated heterocycles. The first-order chi connectivity index (χ1) is 14.1. The molecule has 3 rings (SSSR count). The van der Waals surface area contributed by atoms with Crippen LogP contribution in [0, 0.1) is 0 Å². The van der Waals surface area contributed by atoms with Crippen molar-refractivity contribution in [1.82, 2.24) is 20.4 Å². The SMILES string of the molecule is COC(CN(C)C(=O)NC1(N2CCNCC2)C=CC=CC1c1ccccc1)OC.